The van der Waals surface area contributed by atoms with E-state index in [9.17, 15) is 20.0 Å². The summed E-state index contributed by atoms with van der Waals surface area (Å²) in [5.74, 6) is -0.499. The molecule has 0 aromatic heterocycles. The molecule has 2 N–H and O–H groups in total. The number of nitrogens with one attached hydrogen (secondary N) is 1. The Morgan fingerprint density at radius 3 is 2.56 bits per heavy atom. The maximum absolute atomic E-state index is 12.5. The van der Waals surface area contributed by atoms with Crippen LogP contribution in [-0.4, -0.2) is 29.7 Å². The molecule has 8 nitrogen and oxygen atoms in total. The number of nitrogens with zero attached hydrogens (tertiary/aromatic N) is 1. The average Bonchev–Trinajstić information content (AvgIpc) is 2.57. The fourth-order valence-electron chi connectivity index (χ4n) is 2.25. The van der Waals surface area contributed by atoms with Gasteiger partial charge in [-0.05, 0) is 31.5 Å². The molecule has 0 unspecified atom stereocenters. The molecule has 0 heterocycles. The number of aryl methyl sites for hydroxylation is 1. The predicted octanol–water partition coefficient (Wildman–Crippen LogP) is 3.27. The summed E-state index contributed by atoms with van der Waals surface area (Å²) in [4.78, 5) is 23.1. The van der Waals surface area contributed by atoms with Gasteiger partial charge in [-0.1, -0.05) is 6.07 Å². The summed E-state index contributed by atoms with van der Waals surface area (Å²) in [6, 6.07) is 7.07. The van der Waals surface area contributed by atoms with Crippen LogP contribution in [-0.2, 0) is 0 Å². The van der Waals surface area contributed by atoms with E-state index in [2.05, 4.69) is 5.32 Å². The highest BCUT2D eigenvalue weighted by Crippen LogP contribution is 2.35. The summed E-state index contributed by atoms with van der Waals surface area (Å²) in [7, 11) is 1.35. The molecule has 0 aliphatic heterocycles. The zero-order valence-corrected chi connectivity index (χ0v) is 14.0. The number of hydrogen-bond acceptors (Lipinski definition) is 6. The Balaban J connectivity index is 2.46. The minimum Gasteiger partial charge on any atom is -0.506 e. The molecule has 0 aliphatic carbocycles. The molecule has 0 saturated carbocycles. The number of nitro groups is 1. The van der Waals surface area contributed by atoms with Gasteiger partial charge in [0, 0.05) is 6.07 Å². The Morgan fingerprint density at radius 2 is 2.00 bits per heavy atom. The summed E-state index contributed by atoms with van der Waals surface area (Å²) in [5, 5.41) is 23.7. The van der Waals surface area contributed by atoms with E-state index in [1.807, 2.05) is 0 Å². The number of phenolic OH excluding ortho intramolecular Hbond substituents is 1. The minimum atomic E-state index is -0.741. The van der Waals surface area contributed by atoms with Gasteiger partial charge in [0.2, 0.25) is 0 Å². The van der Waals surface area contributed by atoms with Gasteiger partial charge in [0.05, 0.1) is 30.4 Å². The van der Waals surface area contributed by atoms with Gasteiger partial charge in [0.15, 0.2) is 11.5 Å². The van der Waals surface area contributed by atoms with E-state index in [1.165, 1.54) is 25.3 Å². The molecule has 25 heavy (non-hydrogen) atoms. The number of amides is 1. The molecule has 0 bridgehead atoms. The summed E-state index contributed by atoms with van der Waals surface area (Å²) in [6.07, 6.45) is 0. The predicted molar refractivity (Wildman–Crippen MR) is 91.6 cm³/mol. The first-order chi connectivity index (χ1) is 11.9. The maximum atomic E-state index is 12.5. The van der Waals surface area contributed by atoms with Crippen LogP contribution in [0.1, 0.15) is 22.8 Å². The summed E-state index contributed by atoms with van der Waals surface area (Å²) >= 11 is 0. The Kier molecular flexibility index (Phi) is 5.43. The molecule has 2 aromatic rings. The highest BCUT2D eigenvalue weighted by Gasteiger charge is 2.25. The van der Waals surface area contributed by atoms with Gasteiger partial charge < -0.3 is 19.9 Å². The van der Waals surface area contributed by atoms with Gasteiger partial charge in [-0.3, -0.25) is 14.9 Å². The highest BCUT2D eigenvalue weighted by atomic mass is 16.6. The second kappa shape index (κ2) is 7.52. The number of carbonyl (C=O) groups excluding carboxylic acids is 1. The summed E-state index contributed by atoms with van der Waals surface area (Å²) < 4.78 is 10.4. The van der Waals surface area contributed by atoms with Crippen LogP contribution in [0.25, 0.3) is 0 Å². The number of aromatic hydroxyl groups is 1. The molecule has 1 amide bonds. The lowest BCUT2D eigenvalue weighted by Gasteiger charge is -2.12. The van der Waals surface area contributed by atoms with Crippen LogP contribution in [0, 0.1) is 17.0 Å². The van der Waals surface area contributed by atoms with Crippen LogP contribution in [0.15, 0.2) is 30.3 Å². The van der Waals surface area contributed by atoms with Crippen molar-refractivity contribution >= 4 is 17.3 Å². The number of methoxy groups -OCH3 is 1. The second-order valence-electron chi connectivity index (χ2n) is 5.19. The molecule has 0 atom stereocenters. The molecule has 0 radical (unpaired) electrons. The van der Waals surface area contributed by atoms with E-state index < -0.39 is 16.5 Å². The van der Waals surface area contributed by atoms with E-state index in [4.69, 9.17) is 9.47 Å². The normalized spacial score (nSPS) is 10.2. The molecule has 0 spiro atoms. The van der Waals surface area contributed by atoms with Crippen molar-refractivity contribution < 1.29 is 24.3 Å². The molecule has 0 saturated heterocycles. The first-order valence-electron chi connectivity index (χ1n) is 7.47. The third kappa shape index (κ3) is 3.97. The number of carbonyl (C=O) groups is 1. The van der Waals surface area contributed by atoms with Crippen LogP contribution in [0.4, 0.5) is 11.4 Å². The van der Waals surface area contributed by atoms with E-state index >= 15 is 0 Å². The summed E-state index contributed by atoms with van der Waals surface area (Å²) in [5.41, 5.74) is 0.335. The lowest BCUT2D eigenvalue weighted by molar-refractivity contribution is -0.385. The van der Waals surface area contributed by atoms with Crippen LogP contribution in [0.2, 0.25) is 0 Å². The van der Waals surface area contributed by atoms with Crippen molar-refractivity contribution in [2.45, 2.75) is 13.8 Å². The molecule has 2 rings (SSSR count). The zero-order valence-electron chi connectivity index (χ0n) is 14.0. The van der Waals surface area contributed by atoms with E-state index in [0.717, 1.165) is 11.6 Å². The minimum absolute atomic E-state index is 0.130. The van der Waals surface area contributed by atoms with Crippen LogP contribution >= 0.6 is 0 Å². The fourth-order valence-corrected chi connectivity index (χ4v) is 2.25. The van der Waals surface area contributed by atoms with Crippen molar-refractivity contribution in [1.29, 1.82) is 0 Å². The number of phenols is 1. The number of ether oxygens (including phenoxy) is 2. The lowest BCUT2D eigenvalue weighted by atomic mass is 10.1. The first kappa shape index (κ1) is 18.1. The van der Waals surface area contributed by atoms with Gasteiger partial charge in [-0.2, -0.15) is 0 Å². The van der Waals surface area contributed by atoms with Crippen molar-refractivity contribution in [3.05, 3.63) is 51.6 Å². The molecule has 8 heteroatoms. The molecule has 0 aliphatic rings. The number of anilines is 1. The van der Waals surface area contributed by atoms with Gasteiger partial charge in [-0.25, -0.2) is 0 Å². The van der Waals surface area contributed by atoms with Crippen molar-refractivity contribution in [3.8, 4) is 17.2 Å². The maximum Gasteiger partial charge on any atom is 0.286 e. The second-order valence-corrected chi connectivity index (χ2v) is 5.19. The quantitative estimate of drug-likeness (QED) is 0.472. The van der Waals surface area contributed by atoms with Crippen molar-refractivity contribution in [1.82, 2.24) is 0 Å². The van der Waals surface area contributed by atoms with Gasteiger partial charge in [-0.15, -0.1) is 0 Å². The van der Waals surface area contributed by atoms with Crippen LogP contribution in [0.3, 0.4) is 0 Å². The third-order valence-electron chi connectivity index (χ3n) is 3.42. The molecular weight excluding hydrogens is 328 g/mol. The third-order valence-corrected chi connectivity index (χ3v) is 3.42. The Labute approximate surface area is 144 Å². The van der Waals surface area contributed by atoms with Crippen molar-refractivity contribution in [2.24, 2.45) is 0 Å². The molecule has 132 valence electrons. The molecule has 2 aromatic carbocycles. The Morgan fingerprint density at radius 1 is 1.28 bits per heavy atom. The van der Waals surface area contributed by atoms with Gasteiger partial charge >= 0.3 is 0 Å². The lowest BCUT2D eigenvalue weighted by Crippen LogP contribution is -2.15. The standard InChI is InChI=1S/C17H18N2O6/c1-4-25-16-8-11(13(19(22)23)9-15(16)24-3)17(21)18-12-6-5-10(2)7-14(12)20/h5-9,20H,4H2,1-3H3,(H,18,21). The largest absolute Gasteiger partial charge is 0.506 e. The number of benzene rings is 2. The van der Waals surface area contributed by atoms with Gasteiger partial charge in [0.25, 0.3) is 11.6 Å². The summed E-state index contributed by atoms with van der Waals surface area (Å²) in [6.45, 7) is 3.83. The van der Waals surface area contributed by atoms with Crippen LogP contribution < -0.4 is 14.8 Å². The Bertz CT molecular complexity index is 819. The Hall–Kier alpha value is -3.29. The van der Waals surface area contributed by atoms with E-state index in [-0.39, 0.29) is 28.5 Å². The van der Waals surface area contributed by atoms with Crippen molar-refractivity contribution in [2.75, 3.05) is 19.0 Å². The van der Waals surface area contributed by atoms with Gasteiger partial charge in [0.1, 0.15) is 11.3 Å². The molecule has 0 fully saturated rings. The average molecular weight is 346 g/mol. The fraction of sp³-hybridized carbons (Fsp3) is 0.235. The molecular formula is C17H18N2O6. The first-order valence-corrected chi connectivity index (χ1v) is 7.47. The smallest absolute Gasteiger partial charge is 0.286 e. The number of rotatable bonds is 6. The topological polar surface area (TPSA) is 111 Å². The number of hydrogen-bond donors (Lipinski definition) is 2. The highest BCUT2D eigenvalue weighted by molar-refractivity contribution is 6.08. The van der Waals surface area contributed by atoms with E-state index in [1.54, 1.807) is 19.9 Å². The van der Waals surface area contributed by atoms with Crippen LogP contribution in [0.5, 0.6) is 17.2 Å². The van der Waals surface area contributed by atoms with Crippen molar-refractivity contribution in [3.63, 3.8) is 0 Å². The monoisotopic (exact) mass is 346 g/mol. The SMILES string of the molecule is CCOc1cc(C(=O)Nc2ccc(C)cc2O)c([N+](=O)[O-])cc1OC. The number of nitro benzene ring substituents is 1. The zero-order chi connectivity index (χ0) is 18.6. The van der Waals surface area contributed by atoms with E-state index in [0.29, 0.717) is 6.61 Å².